The van der Waals surface area contributed by atoms with E-state index in [9.17, 15) is 9.59 Å². The van der Waals surface area contributed by atoms with E-state index in [0.29, 0.717) is 12.3 Å². The smallest absolute Gasteiger partial charge is 0.417 e. The molecule has 2 aliphatic rings. The normalized spacial score (nSPS) is 30.9. The van der Waals surface area contributed by atoms with Crippen LogP contribution in [0.15, 0.2) is 0 Å². The summed E-state index contributed by atoms with van der Waals surface area (Å²) >= 11 is 0. The van der Waals surface area contributed by atoms with E-state index in [1.807, 2.05) is 13.8 Å². The van der Waals surface area contributed by atoms with E-state index in [-0.39, 0.29) is 18.1 Å². The standard InChI is InChI=1S/C12H19NO3/c1-8-9(2)16-12(15)13(8)11(14)7-10-5-3-4-6-10/h8-10H,3-7H2,1-2H3/t8-,9+/m1/s1. The van der Waals surface area contributed by atoms with Crippen LogP contribution in [-0.2, 0) is 9.53 Å². The summed E-state index contributed by atoms with van der Waals surface area (Å²) in [5, 5.41) is 0. The molecule has 16 heavy (non-hydrogen) atoms. The fourth-order valence-electron chi connectivity index (χ4n) is 2.58. The maximum atomic E-state index is 12.0. The number of carbonyl (C=O) groups is 2. The third-order valence-electron chi connectivity index (χ3n) is 3.78. The Kier molecular flexibility index (Phi) is 3.17. The highest BCUT2D eigenvalue weighted by atomic mass is 16.6. The van der Waals surface area contributed by atoms with E-state index in [2.05, 4.69) is 0 Å². The van der Waals surface area contributed by atoms with Crippen LogP contribution in [0.3, 0.4) is 0 Å². The SMILES string of the molecule is C[C@@H]1OC(=O)N(C(=O)CC2CCCC2)[C@@H]1C. The predicted molar refractivity (Wildman–Crippen MR) is 58.8 cm³/mol. The van der Waals surface area contributed by atoms with Gasteiger partial charge in [-0.05, 0) is 32.6 Å². The first-order chi connectivity index (χ1) is 7.59. The zero-order valence-electron chi connectivity index (χ0n) is 9.94. The van der Waals surface area contributed by atoms with Crippen molar-refractivity contribution < 1.29 is 14.3 Å². The van der Waals surface area contributed by atoms with Crippen molar-refractivity contribution >= 4 is 12.0 Å². The van der Waals surface area contributed by atoms with Gasteiger partial charge in [0.2, 0.25) is 5.91 Å². The van der Waals surface area contributed by atoms with Crippen molar-refractivity contribution in [2.24, 2.45) is 5.92 Å². The van der Waals surface area contributed by atoms with Crippen LogP contribution >= 0.6 is 0 Å². The molecule has 2 fully saturated rings. The van der Waals surface area contributed by atoms with E-state index < -0.39 is 6.09 Å². The van der Waals surface area contributed by atoms with Gasteiger partial charge in [-0.3, -0.25) is 4.79 Å². The Morgan fingerprint density at radius 3 is 2.50 bits per heavy atom. The summed E-state index contributed by atoms with van der Waals surface area (Å²) in [5.74, 6) is 0.414. The van der Waals surface area contributed by atoms with Gasteiger partial charge >= 0.3 is 6.09 Å². The number of amides is 2. The molecule has 0 aromatic carbocycles. The van der Waals surface area contributed by atoms with Gasteiger partial charge in [-0.15, -0.1) is 0 Å². The molecule has 0 spiro atoms. The van der Waals surface area contributed by atoms with Crippen LogP contribution in [0.2, 0.25) is 0 Å². The molecule has 1 aliphatic heterocycles. The number of nitrogens with zero attached hydrogens (tertiary/aromatic N) is 1. The summed E-state index contributed by atoms with van der Waals surface area (Å²) in [6.45, 7) is 3.69. The van der Waals surface area contributed by atoms with Crippen LogP contribution in [-0.4, -0.2) is 29.0 Å². The number of carbonyl (C=O) groups excluding carboxylic acids is 2. The van der Waals surface area contributed by atoms with Crippen molar-refractivity contribution in [1.82, 2.24) is 4.90 Å². The average Bonchev–Trinajstić information content (AvgIpc) is 2.77. The molecule has 1 heterocycles. The molecular formula is C12H19NO3. The van der Waals surface area contributed by atoms with Gasteiger partial charge in [0.1, 0.15) is 6.10 Å². The van der Waals surface area contributed by atoms with Gasteiger partial charge in [0.15, 0.2) is 0 Å². The molecule has 0 unspecified atom stereocenters. The molecule has 2 amide bonds. The maximum absolute atomic E-state index is 12.0. The minimum atomic E-state index is -0.469. The average molecular weight is 225 g/mol. The number of rotatable bonds is 2. The fraction of sp³-hybridized carbons (Fsp3) is 0.833. The quantitative estimate of drug-likeness (QED) is 0.724. The molecule has 0 bridgehead atoms. The molecule has 0 N–H and O–H groups in total. The zero-order valence-corrected chi connectivity index (χ0v) is 9.94. The zero-order chi connectivity index (χ0) is 11.7. The highest BCUT2D eigenvalue weighted by molar-refractivity contribution is 5.93. The van der Waals surface area contributed by atoms with Crippen LogP contribution in [0.5, 0.6) is 0 Å². The van der Waals surface area contributed by atoms with Gasteiger partial charge in [0, 0.05) is 6.42 Å². The Morgan fingerprint density at radius 1 is 1.38 bits per heavy atom. The predicted octanol–water partition coefficient (Wildman–Crippen LogP) is 2.32. The molecule has 1 saturated carbocycles. The third-order valence-corrected chi connectivity index (χ3v) is 3.78. The first-order valence-corrected chi connectivity index (χ1v) is 6.12. The summed E-state index contributed by atoms with van der Waals surface area (Å²) in [6, 6.07) is -0.124. The lowest BCUT2D eigenvalue weighted by molar-refractivity contribution is -0.130. The number of hydrogen-bond acceptors (Lipinski definition) is 3. The second-order valence-corrected chi connectivity index (χ2v) is 4.95. The Morgan fingerprint density at radius 2 is 2.00 bits per heavy atom. The number of imide groups is 1. The van der Waals surface area contributed by atoms with E-state index >= 15 is 0 Å². The Hall–Kier alpha value is -1.06. The van der Waals surface area contributed by atoms with E-state index in [1.54, 1.807) is 0 Å². The van der Waals surface area contributed by atoms with Gasteiger partial charge in [-0.1, -0.05) is 12.8 Å². The van der Waals surface area contributed by atoms with E-state index in [0.717, 1.165) is 12.8 Å². The van der Waals surface area contributed by atoms with Crippen LogP contribution in [0.25, 0.3) is 0 Å². The van der Waals surface area contributed by atoms with Gasteiger partial charge in [0.25, 0.3) is 0 Å². The second kappa shape index (κ2) is 4.44. The summed E-state index contributed by atoms with van der Waals surface area (Å²) in [4.78, 5) is 24.8. The molecule has 90 valence electrons. The molecule has 4 nitrogen and oxygen atoms in total. The van der Waals surface area contributed by atoms with Crippen molar-refractivity contribution in [3.63, 3.8) is 0 Å². The minimum Gasteiger partial charge on any atom is -0.444 e. The number of ether oxygens (including phenoxy) is 1. The highest BCUT2D eigenvalue weighted by Gasteiger charge is 2.40. The van der Waals surface area contributed by atoms with Crippen LogP contribution in [0.1, 0.15) is 46.0 Å². The lowest BCUT2D eigenvalue weighted by Crippen LogP contribution is -2.39. The Bertz CT molecular complexity index is 297. The van der Waals surface area contributed by atoms with Crippen molar-refractivity contribution in [1.29, 1.82) is 0 Å². The molecular weight excluding hydrogens is 206 g/mol. The molecule has 0 aromatic rings. The van der Waals surface area contributed by atoms with Crippen molar-refractivity contribution in [2.75, 3.05) is 0 Å². The highest BCUT2D eigenvalue weighted by Crippen LogP contribution is 2.29. The first-order valence-electron chi connectivity index (χ1n) is 6.12. The van der Waals surface area contributed by atoms with Crippen molar-refractivity contribution in [2.45, 2.75) is 58.1 Å². The Labute approximate surface area is 95.9 Å². The lowest BCUT2D eigenvalue weighted by atomic mass is 10.0. The summed E-state index contributed by atoms with van der Waals surface area (Å²) < 4.78 is 5.04. The third kappa shape index (κ3) is 2.06. The van der Waals surface area contributed by atoms with Gasteiger partial charge in [-0.2, -0.15) is 0 Å². The minimum absolute atomic E-state index is 0.0613. The van der Waals surface area contributed by atoms with Crippen LogP contribution in [0.4, 0.5) is 4.79 Å². The fourth-order valence-corrected chi connectivity index (χ4v) is 2.58. The summed E-state index contributed by atoms with van der Waals surface area (Å²) in [6.07, 6.45) is 4.54. The van der Waals surface area contributed by atoms with Crippen LogP contribution in [0, 0.1) is 5.92 Å². The van der Waals surface area contributed by atoms with E-state index in [4.69, 9.17) is 4.74 Å². The van der Waals surface area contributed by atoms with Gasteiger partial charge < -0.3 is 4.74 Å². The lowest BCUT2D eigenvalue weighted by Gasteiger charge is -2.19. The topological polar surface area (TPSA) is 46.6 Å². The largest absolute Gasteiger partial charge is 0.444 e. The monoisotopic (exact) mass is 225 g/mol. The van der Waals surface area contributed by atoms with Crippen LogP contribution < -0.4 is 0 Å². The molecule has 2 rings (SSSR count). The second-order valence-electron chi connectivity index (χ2n) is 4.95. The van der Waals surface area contributed by atoms with Crippen molar-refractivity contribution in [3.05, 3.63) is 0 Å². The number of hydrogen-bond donors (Lipinski definition) is 0. The van der Waals surface area contributed by atoms with E-state index in [1.165, 1.54) is 17.7 Å². The molecule has 1 saturated heterocycles. The van der Waals surface area contributed by atoms with Gasteiger partial charge in [0.05, 0.1) is 6.04 Å². The molecule has 1 aliphatic carbocycles. The van der Waals surface area contributed by atoms with Crippen molar-refractivity contribution in [3.8, 4) is 0 Å². The Balaban J connectivity index is 1.95. The molecule has 4 heteroatoms. The molecule has 0 aromatic heterocycles. The maximum Gasteiger partial charge on any atom is 0.417 e. The first kappa shape index (κ1) is 11.4. The van der Waals surface area contributed by atoms with Gasteiger partial charge in [-0.25, -0.2) is 9.69 Å². The summed E-state index contributed by atoms with van der Waals surface area (Å²) in [5.41, 5.74) is 0. The molecule has 0 radical (unpaired) electrons. The number of cyclic esters (lactones) is 1. The summed E-state index contributed by atoms with van der Waals surface area (Å²) in [7, 11) is 0. The molecule has 2 atom stereocenters.